The van der Waals surface area contributed by atoms with E-state index >= 15 is 0 Å². The van der Waals surface area contributed by atoms with Gasteiger partial charge in [-0.05, 0) is 32.1 Å². The quantitative estimate of drug-likeness (QED) is 0.793. The van der Waals surface area contributed by atoms with Crippen molar-refractivity contribution >= 4 is 10.8 Å². The van der Waals surface area contributed by atoms with Gasteiger partial charge in [0.15, 0.2) is 0 Å². The predicted octanol–water partition coefficient (Wildman–Crippen LogP) is 1.30. The summed E-state index contributed by atoms with van der Waals surface area (Å²) in [4.78, 5) is 0. The average Bonchev–Trinajstić information content (AvgIpc) is 2.14. The molecule has 94 valence electrons. The van der Waals surface area contributed by atoms with E-state index in [1.54, 1.807) is 6.26 Å². The molecule has 3 rings (SSSR count). The van der Waals surface area contributed by atoms with Crippen LogP contribution in [0.15, 0.2) is 0 Å². The number of hydrogen-bond donors (Lipinski definition) is 1. The van der Waals surface area contributed by atoms with Crippen molar-refractivity contribution in [3.8, 4) is 0 Å². The first-order valence-corrected chi connectivity index (χ1v) is 7.94. The zero-order chi connectivity index (χ0) is 11.8. The largest absolute Gasteiger partial charge is 0.376 e. The molecule has 3 fully saturated rings. The third kappa shape index (κ3) is 2.49. The topological polar surface area (TPSA) is 38.3 Å². The van der Waals surface area contributed by atoms with E-state index in [1.807, 2.05) is 0 Å². The minimum absolute atomic E-state index is 0.220. The fraction of sp³-hybridized carbons (Fsp3) is 1.00. The standard InChI is InChI=1S/C12H23NO2S/c1-9-6-11-8-12(7-9,13-11)10(2)15-4-5-16(3)14/h9-11,13H,4-8H2,1-3H3. The van der Waals surface area contributed by atoms with Crippen molar-refractivity contribution in [1.82, 2.24) is 5.32 Å². The summed E-state index contributed by atoms with van der Waals surface area (Å²) in [5, 5.41) is 3.66. The Balaban J connectivity index is 1.80. The van der Waals surface area contributed by atoms with Gasteiger partial charge in [0.2, 0.25) is 0 Å². The van der Waals surface area contributed by atoms with Crippen molar-refractivity contribution in [2.24, 2.45) is 5.92 Å². The van der Waals surface area contributed by atoms with E-state index in [1.165, 1.54) is 19.3 Å². The second-order valence-electron chi connectivity index (χ2n) is 5.54. The summed E-state index contributed by atoms with van der Waals surface area (Å²) in [6.45, 7) is 5.10. The first-order chi connectivity index (χ1) is 7.52. The minimum Gasteiger partial charge on any atom is -0.376 e. The number of rotatable bonds is 5. The van der Waals surface area contributed by atoms with Crippen molar-refractivity contribution in [1.29, 1.82) is 0 Å². The van der Waals surface area contributed by atoms with Gasteiger partial charge >= 0.3 is 0 Å². The Morgan fingerprint density at radius 2 is 2.25 bits per heavy atom. The minimum atomic E-state index is -0.740. The Hall–Kier alpha value is 0.0700. The average molecular weight is 245 g/mol. The van der Waals surface area contributed by atoms with E-state index in [0.29, 0.717) is 12.4 Å². The number of piperidine rings is 1. The summed E-state index contributed by atoms with van der Waals surface area (Å²) in [6, 6.07) is 0.718. The maximum absolute atomic E-state index is 11.0. The second kappa shape index (κ2) is 4.75. The van der Waals surface area contributed by atoms with Gasteiger partial charge in [-0.1, -0.05) is 6.92 Å². The lowest BCUT2D eigenvalue weighted by Crippen LogP contribution is -2.72. The molecule has 0 spiro atoms. The molecule has 5 atom stereocenters. The molecule has 0 aromatic rings. The van der Waals surface area contributed by atoms with Gasteiger partial charge in [0.05, 0.1) is 12.7 Å². The molecule has 3 nitrogen and oxygen atoms in total. The molecule has 0 amide bonds. The van der Waals surface area contributed by atoms with Gasteiger partial charge in [-0.2, -0.15) is 0 Å². The van der Waals surface area contributed by atoms with Crippen molar-refractivity contribution in [3.63, 3.8) is 0 Å². The van der Waals surface area contributed by atoms with Crippen LogP contribution in [-0.4, -0.2) is 40.5 Å². The zero-order valence-corrected chi connectivity index (χ0v) is 11.3. The maximum Gasteiger partial charge on any atom is 0.0729 e. The van der Waals surface area contributed by atoms with Crippen molar-refractivity contribution in [3.05, 3.63) is 0 Å². The summed E-state index contributed by atoms with van der Waals surface area (Å²) in [6.07, 6.45) is 5.77. The van der Waals surface area contributed by atoms with E-state index in [0.717, 1.165) is 12.0 Å². The van der Waals surface area contributed by atoms with Gasteiger partial charge in [-0.15, -0.1) is 0 Å². The lowest BCUT2D eigenvalue weighted by molar-refractivity contribution is -0.0825. The van der Waals surface area contributed by atoms with Crippen LogP contribution in [0.4, 0.5) is 0 Å². The van der Waals surface area contributed by atoms with Crippen LogP contribution in [0, 0.1) is 5.92 Å². The van der Waals surface area contributed by atoms with Gasteiger partial charge in [-0.25, -0.2) is 0 Å². The first-order valence-electron chi connectivity index (χ1n) is 6.21. The van der Waals surface area contributed by atoms with Crippen LogP contribution >= 0.6 is 0 Å². The smallest absolute Gasteiger partial charge is 0.0729 e. The van der Waals surface area contributed by atoms with E-state index in [-0.39, 0.29) is 11.6 Å². The Bertz CT molecular complexity index is 276. The lowest BCUT2D eigenvalue weighted by Gasteiger charge is -2.58. The Kier molecular flexibility index (Phi) is 3.72. The Morgan fingerprint density at radius 1 is 1.56 bits per heavy atom. The van der Waals surface area contributed by atoms with Gasteiger partial charge in [0.1, 0.15) is 0 Å². The summed E-state index contributed by atoms with van der Waals surface area (Å²) >= 11 is 0. The summed E-state index contributed by atoms with van der Waals surface area (Å²) < 4.78 is 16.8. The molecule has 2 heterocycles. The highest BCUT2D eigenvalue weighted by Crippen LogP contribution is 2.44. The van der Waals surface area contributed by atoms with Gasteiger partial charge in [0, 0.05) is 34.4 Å². The Morgan fingerprint density at radius 3 is 2.81 bits per heavy atom. The molecule has 2 aliphatic heterocycles. The molecule has 2 bridgehead atoms. The summed E-state index contributed by atoms with van der Waals surface area (Å²) in [7, 11) is -0.740. The van der Waals surface area contributed by atoms with Gasteiger partial charge in [-0.3, -0.25) is 4.21 Å². The van der Waals surface area contributed by atoms with Crippen molar-refractivity contribution in [2.45, 2.75) is 50.8 Å². The maximum atomic E-state index is 11.0. The molecule has 0 aromatic heterocycles. The second-order valence-corrected chi connectivity index (χ2v) is 7.09. The summed E-state index contributed by atoms with van der Waals surface area (Å²) in [5.41, 5.74) is 0.220. The SMILES string of the molecule is CC1CC2CC(C(C)OCCS(C)=O)(C1)N2. The summed E-state index contributed by atoms with van der Waals surface area (Å²) in [5.74, 6) is 1.46. The third-order valence-corrected chi connectivity index (χ3v) is 4.76. The monoisotopic (exact) mass is 245 g/mol. The number of ether oxygens (including phenoxy) is 1. The molecule has 0 aromatic carbocycles. The van der Waals surface area contributed by atoms with E-state index in [4.69, 9.17) is 4.74 Å². The van der Waals surface area contributed by atoms with Crippen LogP contribution in [-0.2, 0) is 15.5 Å². The highest BCUT2D eigenvalue weighted by atomic mass is 32.2. The van der Waals surface area contributed by atoms with E-state index in [2.05, 4.69) is 19.2 Å². The van der Waals surface area contributed by atoms with Gasteiger partial charge in [0.25, 0.3) is 0 Å². The van der Waals surface area contributed by atoms with Crippen LogP contribution in [0.3, 0.4) is 0 Å². The molecule has 0 radical (unpaired) electrons. The van der Waals surface area contributed by atoms with Crippen LogP contribution in [0.2, 0.25) is 0 Å². The third-order valence-electron chi connectivity index (χ3n) is 4.02. The molecule has 5 unspecified atom stereocenters. The number of nitrogens with one attached hydrogen (secondary N) is 1. The number of hydrogen-bond acceptors (Lipinski definition) is 3. The van der Waals surface area contributed by atoms with Crippen LogP contribution in [0.1, 0.15) is 33.1 Å². The van der Waals surface area contributed by atoms with Crippen LogP contribution in [0.25, 0.3) is 0 Å². The highest BCUT2D eigenvalue weighted by molar-refractivity contribution is 7.84. The highest BCUT2D eigenvalue weighted by Gasteiger charge is 2.52. The van der Waals surface area contributed by atoms with Crippen LogP contribution < -0.4 is 5.32 Å². The first kappa shape index (κ1) is 12.5. The van der Waals surface area contributed by atoms with Crippen LogP contribution in [0.5, 0.6) is 0 Å². The van der Waals surface area contributed by atoms with E-state index in [9.17, 15) is 4.21 Å². The lowest BCUT2D eigenvalue weighted by atomic mass is 9.64. The molecule has 2 saturated heterocycles. The number of fused-ring (bicyclic) bond motifs is 2. The molecule has 4 heteroatoms. The zero-order valence-electron chi connectivity index (χ0n) is 10.5. The predicted molar refractivity (Wildman–Crippen MR) is 67.0 cm³/mol. The van der Waals surface area contributed by atoms with Crippen molar-refractivity contribution in [2.75, 3.05) is 18.6 Å². The fourth-order valence-corrected chi connectivity index (χ4v) is 3.58. The fourth-order valence-electron chi connectivity index (χ4n) is 3.25. The molecular formula is C12H23NO2S. The molecule has 1 N–H and O–H groups in total. The van der Waals surface area contributed by atoms with Crippen molar-refractivity contribution < 1.29 is 8.95 Å². The molecule has 3 aliphatic rings. The van der Waals surface area contributed by atoms with Gasteiger partial charge < -0.3 is 10.1 Å². The molecule has 1 aliphatic carbocycles. The Labute approximate surface area is 101 Å². The molecule has 1 saturated carbocycles. The molecule has 16 heavy (non-hydrogen) atoms. The molecular weight excluding hydrogens is 222 g/mol. The normalized spacial score (nSPS) is 41.2. The van der Waals surface area contributed by atoms with E-state index < -0.39 is 10.8 Å².